The van der Waals surface area contributed by atoms with Crippen LogP contribution >= 0.6 is 11.6 Å². The Balaban J connectivity index is 1.72. The fourth-order valence-electron chi connectivity index (χ4n) is 2.80. The standard InChI is InChI=1S/C17H26ClN3O/c1-13-6-7-16(15(18)10-13)20-17(22)19-11-14(2)12-21-8-4-3-5-9-21/h6-7,10,14H,3-5,8-9,11-12H2,1-2H3,(H2,19,20,22). The third kappa shape index (κ3) is 5.50. The largest absolute Gasteiger partial charge is 0.338 e. The summed E-state index contributed by atoms with van der Waals surface area (Å²) in [5, 5.41) is 6.29. The molecule has 1 fully saturated rings. The molecule has 1 unspecified atom stereocenters. The Morgan fingerprint density at radius 3 is 2.73 bits per heavy atom. The van der Waals surface area contributed by atoms with Crippen LogP contribution in [0.15, 0.2) is 18.2 Å². The van der Waals surface area contributed by atoms with E-state index in [9.17, 15) is 4.79 Å². The van der Waals surface area contributed by atoms with Crippen molar-refractivity contribution in [3.8, 4) is 0 Å². The van der Waals surface area contributed by atoms with E-state index >= 15 is 0 Å². The molecule has 0 bridgehead atoms. The van der Waals surface area contributed by atoms with Gasteiger partial charge < -0.3 is 15.5 Å². The fourth-order valence-corrected chi connectivity index (χ4v) is 3.08. The zero-order chi connectivity index (χ0) is 15.9. The van der Waals surface area contributed by atoms with Crippen LogP contribution in [0.25, 0.3) is 0 Å². The van der Waals surface area contributed by atoms with Crippen molar-refractivity contribution < 1.29 is 4.79 Å². The van der Waals surface area contributed by atoms with Crippen LogP contribution in [0.4, 0.5) is 10.5 Å². The van der Waals surface area contributed by atoms with Crippen LogP contribution in [0, 0.1) is 12.8 Å². The van der Waals surface area contributed by atoms with Crippen molar-refractivity contribution in [3.63, 3.8) is 0 Å². The molecule has 2 rings (SSSR count). The molecule has 1 aromatic carbocycles. The molecule has 1 aliphatic rings. The first-order valence-corrected chi connectivity index (χ1v) is 8.46. The molecule has 4 nitrogen and oxygen atoms in total. The minimum absolute atomic E-state index is 0.198. The Kier molecular flexibility index (Phi) is 6.52. The summed E-state index contributed by atoms with van der Waals surface area (Å²) in [5.74, 6) is 0.442. The van der Waals surface area contributed by atoms with Gasteiger partial charge in [-0.3, -0.25) is 0 Å². The average Bonchev–Trinajstić information content (AvgIpc) is 2.49. The van der Waals surface area contributed by atoms with Crippen LogP contribution in [-0.2, 0) is 0 Å². The quantitative estimate of drug-likeness (QED) is 0.863. The maximum absolute atomic E-state index is 12.0. The number of aryl methyl sites for hydroxylation is 1. The highest BCUT2D eigenvalue weighted by Crippen LogP contribution is 2.22. The Bertz CT molecular complexity index is 501. The summed E-state index contributed by atoms with van der Waals surface area (Å²) in [5.41, 5.74) is 1.72. The van der Waals surface area contributed by atoms with Gasteiger partial charge in [-0.15, -0.1) is 0 Å². The number of halogens is 1. The topological polar surface area (TPSA) is 44.4 Å². The summed E-state index contributed by atoms with van der Waals surface area (Å²) >= 11 is 6.12. The van der Waals surface area contributed by atoms with Crippen molar-refractivity contribution in [1.29, 1.82) is 0 Å². The first-order valence-electron chi connectivity index (χ1n) is 8.08. The molecule has 1 aliphatic heterocycles. The lowest BCUT2D eigenvalue weighted by Gasteiger charge is -2.29. The van der Waals surface area contributed by atoms with Gasteiger partial charge in [0.15, 0.2) is 0 Å². The number of likely N-dealkylation sites (tertiary alicyclic amines) is 1. The van der Waals surface area contributed by atoms with Gasteiger partial charge >= 0.3 is 6.03 Å². The van der Waals surface area contributed by atoms with Crippen molar-refractivity contribution >= 4 is 23.3 Å². The van der Waals surface area contributed by atoms with Crippen LogP contribution in [0.1, 0.15) is 31.7 Å². The summed E-state index contributed by atoms with van der Waals surface area (Å²) in [4.78, 5) is 14.4. The molecular weight excluding hydrogens is 298 g/mol. The minimum atomic E-state index is -0.198. The van der Waals surface area contributed by atoms with Gasteiger partial charge in [0.25, 0.3) is 0 Å². The molecular formula is C17H26ClN3O. The van der Waals surface area contributed by atoms with E-state index in [4.69, 9.17) is 11.6 Å². The zero-order valence-electron chi connectivity index (χ0n) is 13.5. The van der Waals surface area contributed by atoms with Gasteiger partial charge in [0, 0.05) is 13.1 Å². The number of urea groups is 1. The number of anilines is 1. The Morgan fingerprint density at radius 2 is 2.05 bits per heavy atom. The third-order valence-electron chi connectivity index (χ3n) is 4.00. The lowest BCUT2D eigenvalue weighted by atomic mass is 10.1. The molecule has 1 atom stereocenters. The van der Waals surface area contributed by atoms with Gasteiger partial charge in [-0.2, -0.15) is 0 Å². The fraction of sp³-hybridized carbons (Fsp3) is 0.588. The van der Waals surface area contributed by atoms with E-state index in [0.717, 1.165) is 12.1 Å². The number of hydrogen-bond acceptors (Lipinski definition) is 2. The van der Waals surface area contributed by atoms with Gasteiger partial charge in [-0.1, -0.05) is 31.0 Å². The maximum Gasteiger partial charge on any atom is 0.319 e. The maximum atomic E-state index is 12.0. The Labute approximate surface area is 138 Å². The van der Waals surface area contributed by atoms with Crippen LogP contribution < -0.4 is 10.6 Å². The predicted octanol–water partition coefficient (Wildman–Crippen LogP) is 3.89. The third-order valence-corrected chi connectivity index (χ3v) is 4.32. The molecule has 1 aromatic rings. The van der Waals surface area contributed by atoms with Gasteiger partial charge in [0.2, 0.25) is 0 Å². The average molecular weight is 324 g/mol. The molecule has 0 saturated carbocycles. The highest BCUT2D eigenvalue weighted by Gasteiger charge is 2.14. The number of carbonyl (C=O) groups is 1. The number of piperidine rings is 1. The summed E-state index contributed by atoms with van der Waals surface area (Å²) in [6.45, 7) is 8.24. The van der Waals surface area contributed by atoms with Crippen LogP contribution in [0.3, 0.4) is 0 Å². The number of amides is 2. The SMILES string of the molecule is Cc1ccc(NC(=O)NCC(C)CN2CCCCC2)c(Cl)c1. The molecule has 0 aromatic heterocycles. The number of carbonyl (C=O) groups excluding carboxylic acids is 1. The zero-order valence-corrected chi connectivity index (χ0v) is 14.2. The highest BCUT2D eigenvalue weighted by atomic mass is 35.5. The van der Waals surface area contributed by atoms with E-state index in [1.54, 1.807) is 0 Å². The second-order valence-electron chi connectivity index (χ2n) is 6.28. The summed E-state index contributed by atoms with van der Waals surface area (Å²) in [6, 6.07) is 5.40. The molecule has 5 heteroatoms. The van der Waals surface area contributed by atoms with E-state index in [0.29, 0.717) is 23.2 Å². The normalized spacial score (nSPS) is 17.0. The molecule has 122 valence electrons. The predicted molar refractivity (Wildman–Crippen MR) is 92.7 cm³/mol. The smallest absolute Gasteiger partial charge is 0.319 e. The van der Waals surface area contributed by atoms with E-state index in [-0.39, 0.29) is 6.03 Å². The molecule has 22 heavy (non-hydrogen) atoms. The van der Waals surface area contributed by atoms with E-state index < -0.39 is 0 Å². The molecule has 0 aliphatic carbocycles. The van der Waals surface area contributed by atoms with Gasteiger partial charge in [-0.25, -0.2) is 4.79 Å². The summed E-state index contributed by atoms with van der Waals surface area (Å²) in [6.07, 6.45) is 3.95. The first-order chi connectivity index (χ1) is 10.5. The Morgan fingerprint density at radius 1 is 1.32 bits per heavy atom. The van der Waals surface area contributed by atoms with Crippen LogP contribution in [-0.4, -0.2) is 37.1 Å². The van der Waals surface area contributed by atoms with Gasteiger partial charge in [-0.05, 0) is 56.5 Å². The molecule has 2 N–H and O–H groups in total. The van der Waals surface area contributed by atoms with E-state index in [2.05, 4.69) is 22.5 Å². The van der Waals surface area contributed by atoms with Crippen LogP contribution in [0.5, 0.6) is 0 Å². The number of nitrogens with one attached hydrogen (secondary N) is 2. The number of benzene rings is 1. The lowest BCUT2D eigenvalue weighted by molar-refractivity contribution is 0.198. The number of hydrogen-bond donors (Lipinski definition) is 2. The van der Waals surface area contributed by atoms with Crippen molar-refractivity contribution in [2.45, 2.75) is 33.1 Å². The van der Waals surface area contributed by atoms with Gasteiger partial charge in [0.1, 0.15) is 0 Å². The van der Waals surface area contributed by atoms with Crippen molar-refractivity contribution in [1.82, 2.24) is 10.2 Å². The summed E-state index contributed by atoms with van der Waals surface area (Å²) in [7, 11) is 0. The van der Waals surface area contributed by atoms with Crippen LogP contribution in [0.2, 0.25) is 5.02 Å². The van der Waals surface area contributed by atoms with Gasteiger partial charge in [0.05, 0.1) is 10.7 Å². The number of nitrogens with zero attached hydrogens (tertiary/aromatic N) is 1. The van der Waals surface area contributed by atoms with E-state index in [1.165, 1.54) is 32.4 Å². The first kappa shape index (κ1) is 17.1. The molecule has 1 heterocycles. The molecule has 1 saturated heterocycles. The monoisotopic (exact) mass is 323 g/mol. The molecule has 0 spiro atoms. The summed E-state index contributed by atoms with van der Waals surface area (Å²) < 4.78 is 0. The van der Waals surface area contributed by atoms with Crippen molar-refractivity contribution in [2.24, 2.45) is 5.92 Å². The second-order valence-corrected chi connectivity index (χ2v) is 6.69. The minimum Gasteiger partial charge on any atom is -0.338 e. The lowest BCUT2D eigenvalue weighted by Crippen LogP contribution is -2.39. The van der Waals surface area contributed by atoms with Crippen molar-refractivity contribution in [3.05, 3.63) is 28.8 Å². The second kappa shape index (κ2) is 8.39. The number of rotatable bonds is 5. The van der Waals surface area contributed by atoms with E-state index in [1.807, 2.05) is 25.1 Å². The molecule has 0 radical (unpaired) electrons. The Hall–Kier alpha value is -1.26. The molecule has 2 amide bonds. The highest BCUT2D eigenvalue weighted by molar-refractivity contribution is 6.33. The van der Waals surface area contributed by atoms with Crippen molar-refractivity contribution in [2.75, 3.05) is 31.5 Å².